The van der Waals surface area contributed by atoms with Gasteiger partial charge >= 0.3 is 6.18 Å². The fourth-order valence-electron chi connectivity index (χ4n) is 4.15. The summed E-state index contributed by atoms with van der Waals surface area (Å²) < 4.78 is 75.1. The summed E-state index contributed by atoms with van der Waals surface area (Å²) in [7, 11) is -3.76. The first-order valence-corrected chi connectivity index (χ1v) is 11.8. The van der Waals surface area contributed by atoms with Crippen LogP contribution in [-0.2, 0) is 20.9 Å². The molecule has 0 unspecified atom stereocenters. The van der Waals surface area contributed by atoms with Crippen molar-refractivity contribution in [3.63, 3.8) is 0 Å². The smallest absolute Gasteiger partial charge is 0.380 e. The molecule has 2 aromatic carbocycles. The van der Waals surface area contributed by atoms with E-state index >= 15 is 0 Å². The average molecular weight is 515 g/mol. The van der Waals surface area contributed by atoms with Gasteiger partial charge in [0.1, 0.15) is 0 Å². The lowest BCUT2D eigenvalue weighted by Crippen LogP contribution is -2.66. The third-order valence-corrected chi connectivity index (χ3v) is 8.00. The number of benzene rings is 2. The van der Waals surface area contributed by atoms with E-state index in [0.717, 1.165) is 10.7 Å². The highest BCUT2D eigenvalue weighted by Gasteiger charge is 2.53. The van der Waals surface area contributed by atoms with Gasteiger partial charge in [0.15, 0.2) is 0 Å². The zero-order chi connectivity index (χ0) is 24.5. The van der Waals surface area contributed by atoms with Crippen molar-refractivity contribution >= 4 is 33.5 Å². The van der Waals surface area contributed by atoms with E-state index in [1.54, 1.807) is 0 Å². The largest absolute Gasteiger partial charge is 0.417 e. The molecule has 0 amide bonds. The van der Waals surface area contributed by atoms with Crippen molar-refractivity contribution in [3.8, 4) is 16.8 Å². The molecule has 0 radical (unpaired) electrons. The van der Waals surface area contributed by atoms with E-state index in [2.05, 4.69) is 10.1 Å². The molecule has 0 atom stereocenters. The third-order valence-electron chi connectivity index (χ3n) is 5.89. The van der Waals surface area contributed by atoms with Gasteiger partial charge in [-0.2, -0.15) is 27.1 Å². The minimum atomic E-state index is -4.78. The number of alkyl halides is 3. The second-order valence-electron chi connectivity index (χ2n) is 8.38. The number of sulfonamides is 1. The summed E-state index contributed by atoms with van der Waals surface area (Å²) in [6.45, 7) is 1.77. The van der Waals surface area contributed by atoms with Crippen molar-refractivity contribution in [3.05, 3.63) is 47.0 Å². The molecular weight excluding hydrogens is 497 g/mol. The molecule has 2 saturated heterocycles. The standard InChI is InChI=1S/C20H18ClF3N6O3S/c21-15-6-12(30-18(26)27-17(25)28-30)5-14(20(22,23)24)16(15)11-1-3-13(4-2-11)34(31,32)29-7-19(8-29)9-33-10-19/h1-6H,7-10H2,(H4,25,26,27,28). The molecule has 1 aromatic heterocycles. The summed E-state index contributed by atoms with van der Waals surface area (Å²) in [4.78, 5) is 3.67. The maximum absolute atomic E-state index is 14.0. The van der Waals surface area contributed by atoms with Gasteiger partial charge < -0.3 is 16.2 Å². The van der Waals surface area contributed by atoms with E-state index in [9.17, 15) is 21.6 Å². The van der Waals surface area contributed by atoms with Crippen LogP contribution in [0.4, 0.5) is 25.1 Å². The number of anilines is 2. The maximum atomic E-state index is 14.0. The quantitative estimate of drug-likeness (QED) is 0.547. The van der Waals surface area contributed by atoms with Crippen molar-refractivity contribution < 1.29 is 26.3 Å². The molecule has 34 heavy (non-hydrogen) atoms. The number of nitrogens with zero attached hydrogens (tertiary/aromatic N) is 4. The zero-order valence-electron chi connectivity index (χ0n) is 17.4. The van der Waals surface area contributed by atoms with Crippen LogP contribution >= 0.6 is 11.6 Å². The summed E-state index contributed by atoms with van der Waals surface area (Å²) in [5, 5.41) is 3.56. The van der Waals surface area contributed by atoms with Gasteiger partial charge in [-0.3, -0.25) is 0 Å². The van der Waals surface area contributed by atoms with Gasteiger partial charge in [0.25, 0.3) is 0 Å². The summed E-state index contributed by atoms with van der Waals surface area (Å²) in [6, 6.07) is 7.22. The van der Waals surface area contributed by atoms with E-state index in [1.165, 1.54) is 34.6 Å². The Kier molecular flexibility index (Phi) is 5.10. The Balaban J connectivity index is 1.51. The lowest BCUT2D eigenvalue weighted by Gasteiger charge is -2.53. The van der Waals surface area contributed by atoms with Crippen LogP contribution < -0.4 is 11.5 Å². The highest BCUT2D eigenvalue weighted by Crippen LogP contribution is 2.44. The maximum Gasteiger partial charge on any atom is 0.417 e. The summed E-state index contributed by atoms with van der Waals surface area (Å²) in [6.07, 6.45) is -4.78. The van der Waals surface area contributed by atoms with Crippen molar-refractivity contribution in [2.45, 2.75) is 11.1 Å². The minimum Gasteiger partial charge on any atom is -0.380 e. The van der Waals surface area contributed by atoms with Crippen molar-refractivity contribution in [2.24, 2.45) is 5.41 Å². The zero-order valence-corrected chi connectivity index (χ0v) is 19.0. The van der Waals surface area contributed by atoms with Crippen molar-refractivity contribution in [1.29, 1.82) is 0 Å². The van der Waals surface area contributed by atoms with Crippen LogP contribution in [0.5, 0.6) is 0 Å². The normalized spacial score (nSPS) is 18.0. The van der Waals surface area contributed by atoms with E-state index in [0.29, 0.717) is 26.3 Å². The molecule has 9 nitrogen and oxygen atoms in total. The first-order valence-electron chi connectivity index (χ1n) is 9.97. The monoisotopic (exact) mass is 514 g/mol. The molecule has 2 fully saturated rings. The van der Waals surface area contributed by atoms with Crippen molar-refractivity contribution in [2.75, 3.05) is 37.8 Å². The van der Waals surface area contributed by atoms with Crippen LogP contribution in [0.3, 0.4) is 0 Å². The van der Waals surface area contributed by atoms with E-state index < -0.39 is 21.8 Å². The number of rotatable bonds is 4. The molecule has 0 aliphatic carbocycles. The Bertz CT molecular complexity index is 1380. The summed E-state index contributed by atoms with van der Waals surface area (Å²) in [5.41, 5.74) is 9.71. The Hall–Kier alpha value is -2.87. The number of nitrogen functional groups attached to an aromatic ring is 2. The van der Waals surface area contributed by atoms with E-state index in [-0.39, 0.29) is 44.0 Å². The van der Waals surface area contributed by atoms with Crippen LogP contribution in [0.2, 0.25) is 5.02 Å². The Morgan fingerprint density at radius 2 is 1.74 bits per heavy atom. The minimum absolute atomic E-state index is 0.0153. The lowest BCUT2D eigenvalue weighted by atomic mass is 9.80. The highest BCUT2D eigenvalue weighted by molar-refractivity contribution is 7.89. The molecule has 2 aliphatic rings. The SMILES string of the molecule is Nc1nc(N)n(-c2cc(Cl)c(-c3ccc(S(=O)(=O)N4CC5(COC5)C4)cc3)c(C(F)(F)F)c2)n1. The molecule has 3 aromatic rings. The summed E-state index contributed by atoms with van der Waals surface area (Å²) >= 11 is 6.28. The van der Waals surface area contributed by atoms with Crippen LogP contribution in [0.25, 0.3) is 16.8 Å². The number of halogens is 4. The molecule has 14 heteroatoms. The Labute approximate surface area is 197 Å². The molecule has 3 heterocycles. The molecule has 0 bridgehead atoms. The molecule has 180 valence electrons. The molecule has 2 aliphatic heterocycles. The van der Waals surface area contributed by atoms with Crippen molar-refractivity contribution in [1.82, 2.24) is 19.1 Å². The number of aromatic nitrogens is 3. The van der Waals surface area contributed by atoms with Gasteiger partial charge in [-0.05, 0) is 29.8 Å². The van der Waals surface area contributed by atoms with Gasteiger partial charge in [-0.15, -0.1) is 5.10 Å². The molecule has 0 saturated carbocycles. The number of hydrogen-bond donors (Lipinski definition) is 2. The topological polar surface area (TPSA) is 129 Å². The molecular formula is C20H18ClF3N6O3S. The van der Waals surface area contributed by atoms with Gasteiger partial charge in [0.05, 0.1) is 34.4 Å². The second-order valence-corrected chi connectivity index (χ2v) is 10.7. The highest BCUT2D eigenvalue weighted by atomic mass is 35.5. The van der Waals surface area contributed by atoms with Crippen LogP contribution in [0.15, 0.2) is 41.3 Å². The van der Waals surface area contributed by atoms with Gasteiger partial charge in [0, 0.05) is 24.1 Å². The van der Waals surface area contributed by atoms with E-state index in [1.807, 2.05) is 0 Å². The predicted octanol–water partition coefficient (Wildman–Crippen LogP) is 2.79. The fourth-order valence-corrected chi connectivity index (χ4v) is 6.14. The lowest BCUT2D eigenvalue weighted by molar-refractivity contribution is -0.166. The Morgan fingerprint density at radius 3 is 2.24 bits per heavy atom. The molecule has 1 spiro atoms. The summed E-state index contributed by atoms with van der Waals surface area (Å²) in [5.74, 6) is -0.411. The first kappa shape index (κ1) is 22.9. The van der Waals surface area contributed by atoms with Gasteiger partial charge in [-0.1, -0.05) is 23.7 Å². The van der Waals surface area contributed by atoms with Gasteiger partial charge in [-0.25, -0.2) is 8.42 Å². The van der Waals surface area contributed by atoms with Crippen LogP contribution in [-0.4, -0.2) is 53.8 Å². The number of nitrogens with two attached hydrogens (primary N) is 2. The third kappa shape index (κ3) is 3.68. The average Bonchev–Trinajstić information content (AvgIpc) is 3.02. The fraction of sp³-hybridized carbons (Fsp3) is 0.300. The van der Waals surface area contributed by atoms with E-state index in [4.69, 9.17) is 27.8 Å². The number of ether oxygens (including phenoxy) is 1. The van der Waals surface area contributed by atoms with Gasteiger partial charge in [0.2, 0.25) is 21.9 Å². The molecule has 5 rings (SSSR count). The Morgan fingerprint density at radius 1 is 1.09 bits per heavy atom. The predicted molar refractivity (Wildman–Crippen MR) is 118 cm³/mol. The number of hydrogen-bond acceptors (Lipinski definition) is 7. The second kappa shape index (κ2) is 7.57. The molecule has 4 N–H and O–H groups in total. The first-order chi connectivity index (χ1) is 15.9. The van der Waals surface area contributed by atoms with Crippen LogP contribution in [0.1, 0.15) is 5.56 Å². The van der Waals surface area contributed by atoms with Crippen LogP contribution in [0, 0.1) is 5.41 Å².